The highest BCUT2D eigenvalue weighted by atomic mass is 35.5. The Hall–Kier alpha value is -4.15. The second kappa shape index (κ2) is 15.2. The molecule has 3 heterocycles. The van der Waals surface area contributed by atoms with Crippen molar-refractivity contribution in [3.8, 4) is 5.75 Å². The Morgan fingerprint density at radius 1 is 0.898 bits per heavy atom. The van der Waals surface area contributed by atoms with Gasteiger partial charge in [0.15, 0.2) is 5.82 Å². The standard InChI is InChI=1S/C36H44ClN8O3P/c1-43-18-20-44(21-19-43)26-14-16-45(17-15-26)31-23-32(48-2)30(22-29(31)40-35(46)25-10-6-5-7-11-25)41-36-38-24-27(37)34(42-36)39-28-12-8-9-13-33(28)49(3,4)47/h5-13,22-24,26H,14-21H2,1-4H3,(H,40,46)(H2,38,39,41,42). The van der Waals surface area contributed by atoms with Crippen LogP contribution in [0, 0.1) is 0 Å². The van der Waals surface area contributed by atoms with E-state index in [9.17, 15) is 9.36 Å². The highest BCUT2D eigenvalue weighted by molar-refractivity contribution is 7.70. The van der Waals surface area contributed by atoms with Crippen molar-refractivity contribution in [2.75, 3.05) is 87.6 Å². The van der Waals surface area contributed by atoms with Gasteiger partial charge in [0.1, 0.15) is 17.9 Å². The molecule has 0 aliphatic carbocycles. The van der Waals surface area contributed by atoms with E-state index in [0.717, 1.165) is 57.8 Å². The van der Waals surface area contributed by atoms with E-state index in [0.29, 0.717) is 50.6 Å². The molecule has 11 nitrogen and oxygen atoms in total. The number of aromatic nitrogens is 2. The van der Waals surface area contributed by atoms with E-state index in [4.69, 9.17) is 16.3 Å². The average Bonchev–Trinajstić information content (AvgIpc) is 3.10. The topological polar surface area (TPSA) is 115 Å². The minimum Gasteiger partial charge on any atom is -0.494 e. The zero-order chi connectivity index (χ0) is 34.5. The summed E-state index contributed by atoms with van der Waals surface area (Å²) in [7, 11) is 1.22. The number of ether oxygens (including phenoxy) is 1. The monoisotopic (exact) mass is 702 g/mol. The number of piperazine rings is 1. The highest BCUT2D eigenvalue weighted by Crippen LogP contribution is 2.41. The van der Waals surface area contributed by atoms with Gasteiger partial charge in [-0.1, -0.05) is 41.9 Å². The van der Waals surface area contributed by atoms with Gasteiger partial charge in [-0.05, 0) is 63.6 Å². The lowest BCUT2D eigenvalue weighted by Gasteiger charge is -2.43. The Balaban J connectivity index is 1.28. The first-order valence-corrected chi connectivity index (χ1v) is 19.5. The summed E-state index contributed by atoms with van der Waals surface area (Å²) < 4.78 is 18.8. The van der Waals surface area contributed by atoms with Gasteiger partial charge < -0.3 is 35.1 Å². The maximum Gasteiger partial charge on any atom is 0.255 e. The molecule has 6 rings (SSSR count). The van der Waals surface area contributed by atoms with Gasteiger partial charge in [-0.15, -0.1) is 0 Å². The summed E-state index contributed by atoms with van der Waals surface area (Å²) in [6.07, 6.45) is 3.59. The van der Waals surface area contributed by atoms with Gasteiger partial charge in [0.05, 0.1) is 36.1 Å². The lowest BCUT2D eigenvalue weighted by molar-refractivity contribution is 0.0981. The summed E-state index contributed by atoms with van der Waals surface area (Å²) in [6.45, 7) is 9.57. The van der Waals surface area contributed by atoms with Gasteiger partial charge in [0, 0.05) is 62.2 Å². The molecule has 2 aliphatic rings. The van der Waals surface area contributed by atoms with Crippen molar-refractivity contribution in [2.45, 2.75) is 18.9 Å². The van der Waals surface area contributed by atoms with Crippen LogP contribution < -0.4 is 30.9 Å². The SMILES string of the molecule is COc1cc(N2CCC(N3CCN(C)CC3)CC2)c(NC(=O)c2ccccc2)cc1Nc1ncc(Cl)c(Nc2ccccc2P(C)(C)=O)n1. The van der Waals surface area contributed by atoms with Crippen LogP contribution in [0.3, 0.4) is 0 Å². The molecule has 0 unspecified atom stereocenters. The fourth-order valence-electron chi connectivity index (χ4n) is 6.45. The number of hydrogen-bond acceptors (Lipinski definition) is 10. The zero-order valence-electron chi connectivity index (χ0n) is 28.4. The van der Waals surface area contributed by atoms with Crippen molar-refractivity contribution in [1.29, 1.82) is 0 Å². The Kier molecular flexibility index (Phi) is 10.7. The largest absolute Gasteiger partial charge is 0.494 e. The summed E-state index contributed by atoms with van der Waals surface area (Å²) in [4.78, 5) is 29.9. The molecule has 0 radical (unpaired) electrons. The molecule has 3 aromatic carbocycles. The predicted octanol–water partition coefficient (Wildman–Crippen LogP) is 6.34. The first kappa shape index (κ1) is 34.7. The van der Waals surface area contributed by atoms with Gasteiger partial charge in [0.25, 0.3) is 5.91 Å². The molecule has 2 fully saturated rings. The summed E-state index contributed by atoms with van der Waals surface area (Å²) in [5.74, 6) is 0.990. The molecule has 1 amide bonds. The third kappa shape index (κ3) is 8.36. The molecule has 49 heavy (non-hydrogen) atoms. The first-order valence-electron chi connectivity index (χ1n) is 16.6. The number of carbonyl (C=O) groups is 1. The van der Waals surface area contributed by atoms with Crippen LogP contribution in [0.4, 0.5) is 34.5 Å². The molecule has 0 spiro atoms. The van der Waals surface area contributed by atoms with Gasteiger partial charge in [-0.3, -0.25) is 9.69 Å². The van der Waals surface area contributed by atoms with Crippen molar-refractivity contribution >= 4 is 64.5 Å². The van der Waals surface area contributed by atoms with Crippen LogP contribution in [0.25, 0.3) is 0 Å². The number of anilines is 6. The van der Waals surface area contributed by atoms with Gasteiger partial charge in [0.2, 0.25) is 5.95 Å². The number of amides is 1. The number of rotatable bonds is 10. The minimum absolute atomic E-state index is 0.206. The Morgan fingerprint density at radius 3 is 2.29 bits per heavy atom. The third-order valence-electron chi connectivity index (χ3n) is 9.19. The van der Waals surface area contributed by atoms with E-state index >= 15 is 0 Å². The molecule has 0 bridgehead atoms. The molecule has 0 atom stereocenters. The molecular weight excluding hydrogens is 659 g/mol. The normalized spacial score (nSPS) is 16.3. The molecule has 3 N–H and O–H groups in total. The fourth-order valence-corrected chi connectivity index (χ4v) is 7.75. The fraction of sp³-hybridized carbons (Fsp3) is 0.361. The number of para-hydroxylation sites is 1. The number of halogens is 1. The third-order valence-corrected chi connectivity index (χ3v) is 11.0. The Bertz CT molecular complexity index is 1820. The van der Waals surface area contributed by atoms with Crippen molar-refractivity contribution in [1.82, 2.24) is 19.8 Å². The average molecular weight is 703 g/mol. The second-order valence-corrected chi connectivity index (χ2v) is 16.5. The van der Waals surface area contributed by atoms with E-state index < -0.39 is 7.14 Å². The van der Waals surface area contributed by atoms with Crippen molar-refractivity contribution in [2.24, 2.45) is 0 Å². The maximum atomic E-state index is 13.5. The number of hydrogen-bond donors (Lipinski definition) is 3. The number of benzene rings is 3. The van der Waals surface area contributed by atoms with Crippen LogP contribution >= 0.6 is 18.7 Å². The molecule has 4 aromatic rings. The number of methoxy groups -OCH3 is 1. The summed E-state index contributed by atoms with van der Waals surface area (Å²) in [5.41, 5.74) is 3.34. The molecule has 0 saturated carbocycles. The van der Waals surface area contributed by atoms with Crippen molar-refractivity contribution in [3.05, 3.63) is 83.5 Å². The lowest BCUT2D eigenvalue weighted by atomic mass is 10.0. The van der Waals surface area contributed by atoms with Crippen LogP contribution in [0.1, 0.15) is 23.2 Å². The van der Waals surface area contributed by atoms with Crippen LogP contribution in [0.15, 0.2) is 72.9 Å². The van der Waals surface area contributed by atoms with Crippen LogP contribution in [0.2, 0.25) is 5.02 Å². The molecule has 2 saturated heterocycles. The van der Waals surface area contributed by atoms with Crippen molar-refractivity contribution < 1.29 is 14.1 Å². The molecular formula is C36H44ClN8O3P. The molecule has 1 aromatic heterocycles. The Morgan fingerprint density at radius 2 is 1.59 bits per heavy atom. The lowest BCUT2D eigenvalue weighted by Crippen LogP contribution is -2.52. The summed E-state index contributed by atoms with van der Waals surface area (Å²) in [6, 6.07) is 21.0. The van der Waals surface area contributed by atoms with E-state index in [1.807, 2.05) is 54.6 Å². The number of likely N-dealkylation sites (N-methyl/N-ethyl adjacent to an activating group) is 1. The smallest absolute Gasteiger partial charge is 0.255 e. The van der Waals surface area contributed by atoms with E-state index in [2.05, 4.69) is 47.7 Å². The summed E-state index contributed by atoms with van der Waals surface area (Å²) >= 11 is 6.52. The predicted molar refractivity (Wildman–Crippen MR) is 201 cm³/mol. The number of nitrogens with zero attached hydrogens (tertiary/aromatic N) is 5. The zero-order valence-corrected chi connectivity index (χ0v) is 30.1. The Labute approximate surface area is 293 Å². The van der Waals surface area contributed by atoms with Crippen LogP contribution in [-0.4, -0.2) is 98.5 Å². The van der Waals surface area contributed by atoms with Crippen molar-refractivity contribution in [3.63, 3.8) is 0 Å². The summed E-state index contributed by atoms with van der Waals surface area (Å²) in [5, 5.41) is 10.7. The van der Waals surface area contributed by atoms with E-state index in [-0.39, 0.29) is 11.9 Å². The minimum atomic E-state index is -2.58. The molecule has 13 heteroatoms. The quantitative estimate of drug-likeness (QED) is 0.162. The second-order valence-electron chi connectivity index (χ2n) is 13.0. The van der Waals surface area contributed by atoms with Gasteiger partial charge in [-0.2, -0.15) is 4.98 Å². The first-order chi connectivity index (χ1) is 23.6. The number of piperidine rings is 1. The maximum absolute atomic E-state index is 13.5. The van der Waals surface area contributed by atoms with Gasteiger partial charge >= 0.3 is 0 Å². The van der Waals surface area contributed by atoms with E-state index in [1.54, 1.807) is 32.6 Å². The van der Waals surface area contributed by atoms with E-state index in [1.165, 1.54) is 6.20 Å². The van der Waals surface area contributed by atoms with Gasteiger partial charge in [-0.25, -0.2) is 4.98 Å². The van der Waals surface area contributed by atoms with Crippen LogP contribution in [-0.2, 0) is 4.57 Å². The molecule has 2 aliphatic heterocycles. The number of nitrogens with one attached hydrogen (secondary N) is 3. The highest BCUT2D eigenvalue weighted by Gasteiger charge is 2.29. The molecule has 258 valence electrons. The number of carbonyl (C=O) groups excluding carboxylic acids is 1. The van der Waals surface area contributed by atoms with Crippen LogP contribution in [0.5, 0.6) is 5.75 Å².